The zero-order chi connectivity index (χ0) is 32.3. The molecule has 1 aromatic carbocycles. The summed E-state index contributed by atoms with van der Waals surface area (Å²) in [5, 5.41) is 7.65. The van der Waals surface area contributed by atoms with Gasteiger partial charge in [-0.15, -0.1) is 0 Å². The third kappa shape index (κ3) is 7.59. The predicted octanol–water partition coefficient (Wildman–Crippen LogP) is 3.94. The minimum Gasteiger partial charge on any atom is -0.382 e. The fourth-order valence-corrected chi connectivity index (χ4v) is 6.13. The SMILES string of the molecule is C=C(/C(C)=C(\N=C(/N)c1cc(C)on1)C(=O)N1CCC(N[C@H]2CCOC[C@H]2OC)CC1)N1CCc2cc(C(F)(F)F)ccc2C1. The highest BCUT2D eigenvalue weighted by Crippen LogP contribution is 2.33. The molecule has 13 heteroatoms. The van der Waals surface area contributed by atoms with Gasteiger partial charge in [0.2, 0.25) is 0 Å². The van der Waals surface area contributed by atoms with E-state index in [1.165, 1.54) is 12.1 Å². The zero-order valence-electron chi connectivity index (χ0n) is 26.0. The van der Waals surface area contributed by atoms with Crippen LogP contribution in [0.4, 0.5) is 13.2 Å². The number of piperidine rings is 1. The number of amides is 1. The summed E-state index contributed by atoms with van der Waals surface area (Å²) in [4.78, 5) is 22.4. The highest BCUT2D eigenvalue weighted by atomic mass is 19.4. The third-order valence-electron chi connectivity index (χ3n) is 8.88. The molecular weight excluding hydrogens is 589 g/mol. The number of aryl methyl sites for hydroxylation is 1. The molecule has 4 heterocycles. The minimum atomic E-state index is -4.40. The number of methoxy groups -OCH3 is 1. The molecule has 10 nitrogen and oxygen atoms in total. The molecule has 0 radical (unpaired) electrons. The van der Waals surface area contributed by atoms with E-state index in [4.69, 9.17) is 19.7 Å². The highest BCUT2D eigenvalue weighted by molar-refractivity contribution is 6.02. The Bertz CT molecular complexity index is 1460. The van der Waals surface area contributed by atoms with Gasteiger partial charge < -0.3 is 34.8 Å². The summed E-state index contributed by atoms with van der Waals surface area (Å²) in [6, 6.07) is 5.90. The molecule has 1 aromatic heterocycles. The normalized spacial score (nSPS) is 22.2. The maximum absolute atomic E-state index is 14.1. The van der Waals surface area contributed by atoms with Gasteiger partial charge >= 0.3 is 6.18 Å². The number of allylic oxidation sites excluding steroid dienone is 1. The van der Waals surface area contributed by atoms with E-state index >= 15 is 0 Å². The number of hydrogen-bond acceptors (Lipinski definition) is 8. The topological polar surface area (TPSA) is 118 Å². The highest BCUT2D eigenvalue weighted by Gasteiger charge is 2.34. The van der Waals surface area contributed by atoms with Crippen molar-refractivity contribution in [2.75, 3.05) is 40.0 Å². The summed E-state index contributed by atoms with van der Waals surface area (Å²) < 4.78 is 56.1. The van der Waals surface area contributed by atoms with Crippen LogP contribution in [0.5, 0.6) is 0 Å². The first-order chi connectivity index (χ1) is 21.4. The van der Waals surface area contributed by atoms with Crippen molar-refractivity contribution in [3.63, 3.8) is 0 Å². The summed E-state index contributed by atoms with van der Waals surface area (Å²) in [5.74, 6) is 0.313. The Morgan fingerprint density at radius 3 is 2.58 bits per heavy atom. The predicted molar refractivity (Wildman–Crippen MR) is 162 cm³/mol. The first kappa shape index (κ1) is 32.7. The Morgan fingerprint density at radius 1 is 1.16 bits per heavy atom. The van der Waals surface area contributed by atoms with E-state index in [0.29, 0.717) is 74.1 Å². The van der Waals surface area contributed by atoms with Gasteiger partial charge in [-0.1, -0.05) is 17.8 Å². The van der Waals surface area contributed by atoms with Crippen LogP contribution in [0, 0.1) is 6.92 Å². The van der Waals surface area contributed by atoms with Gasteiger partial charge in [-0.05, 0) is 62.8 Å². The van der Waals surface area contributed by atoms with Crippen molar-refractivity contribution in [3.05, 3.63) is 76.0 Å². The number of nitrogens with zero attached hydrogens (tertiary/aromatic N) is 4. The van der Waals surface area contributed by atoms with Crippen LogP contribution in [0.25, 0.3) is 0 Å². The number of fused-ring (bicyclic) bond motifs is 1. The largest absolute Gasteiger partial charge is 0.416 e. The fourth-order valence-electron chi connectivity index (χ4n) is 6.13. The van der Waals surface area contributed by atoms with Crippen LogP contribution in [-0.4, -0.2) is 84.8 Å². The molecule has 0 bridgehead atoms. The number of amidine groups is 1. The molecule has 3 aliphatic heterocycles. The van der Waals surface area contributed by atoms with Crippen LogP contribution < -0.4 is 11.1 Å². The van der Waals surface area contributed by atoms with Crippen molar-refractivity contribution >= 4 is 11.7 Å². The number of alkyl halides is 3. The van der Waals surface area contributed by atoms with E-state index in [9.17, 15) is 18.0 Å². The van der Waals surface area contributed by atoms with Gasteiger partial charge in [-0.25, -0.2) is 4.99 Å². The lowest BCUT2D eigenvalue weighted by Crippen LogP contribution is -2.54. The second-order valence-corrected chi connectivity index (χ2v) is 11.9. The van der Waals surface area contributed by atoms with Gasteiger partial charge in [0.25, 0.3) is 5.91 Å². The summed E-state index contributed by atoms with van der Waals surface area (Å²) in [6.07, 6.45) is -1.60. The molecule has 2 aromatic rings. The van der Waals surface area contributed by atoms with Crippen LogP contribution in [0.3, 0.4) is 0 Å². The van der Waals surface area contributed by atoms with E-state index in [-0.39, 0.29) is 35.6 Å². The summed E-state index contributed by atoms with van der Waals surface area (Å²) in [6.45, 7) is 10.9. The van der Waals surface area contributed by atoms with Crippen LogP contribution in [-0.2, 0) is 33.4 Å². The standard InChI is InChI=1S/C32H41F3N6O4/c1-19-15-27(39-45-19)30(36)38-29(31(42)40-12-8-25(9-13-40)37-26-10-14-44-18-28(26)43-4)20(2)21(3)41-11-7-22-16-24(32(33,34)35)6-5-23(22)17-41/h5-6,15-16,25-26,28,37H,3,7-14,17-18H2,1-2,4H3,(H2,36,38)/b29-20-/t26-,28+/m0/s1. The molecule has 2 atom stereocenters. The first-order valence-electron chi connectivity index (χ1n) is 15.2. The molecule has 45 heavy (non-hydrogen) atoms. The van der Waals surface area contributed by atoms with Crippen LogP contribution in [0.2, 0.25) is 0 Å². The number of aliphatic imine (C=N–C) groups is 1. The molecule has 3 N–H and O–H groups in total. The number of likely N-dealkylation sites (tertiary alicyclic amines) is 1. The average Bonchev–Trinajstić information content (AvgIpc) is 3.48. The number of carbonyl (C=O) groups excluding carboxylic acids is 1. The van der Waals surface area contributed by atoms with Gasteiger partial charge in [0.15, 0.2) is 5.84 Å². The second-order valence-electron chi connectivity index (χ2n) is 11.9. The Hall–Kier alpha value is -3.68. The molecule has 1 amide bonds. The fraction of sp³-hybridized carbons (Fsp3) is 0.531. The monoisotopic (exact) mass is 630 g/mol. The van der Waals surface area contributed by atoms with Gasteiger partial charge in [0, 0.05) is 69.3 Å². The smallest absolute Gasteiger partial charge is 0.382 e. The van der Waals surface area contributed by atoms with Gasteiger partial charge in [-0.3, -0.25) is 4.79 Å². The van der Waals surface area contributed by atoms with Crippen LogP contribution >= 0.6 is 0 Å². The van der Waals surface area contributed by atoms with Crippen molar-refractivity contribution in [1.29, 1.82) is 0 Å². The molecule has 0 spiro atoms. The molecule has 3 aliphatic rings. The maximum atomic E-state index is 14.1. The second kappa shape index (κ2) is 13.8. The van der Waals surface area contributed by atoms with Gasteiger partial charge in [0.05, 0.1) is 18.3 Å². The molecular formula is C32H41F3N6O4. The Morgan fingerprint density at radius 2 is 1.91 bits per heavy atom. The Labute approximate surface area is 261 Å². The molecule has 0 unspecified atom stereocenters. The number of hydrogen-bond donors (Lipinski definition) is 2. The van der Waals surface area contributed by atoms with Crippen LogP contribution in [0.15, 0.2) is 57.3 Å². The van der Waals surface area contributed by atoms with Crippen LogP contribution in [0.1, 0.15) is 54.3 Å². The quantitative estimate of drug-likeness (QED) is 0.195. The number of nitrogens with one attached hydrogen (secondary N) is 1. The van der Waals surface area contributed by atoms with E-state index in [0.717, 1.165) is 30.9 Å². The average molecular weight is 631 g/mol. The lowest BCUT2D eigenvalue weighted by Gasteiger charge is -2.38. The molecule has 2 fully saturated rings. The van der Waals surface area contributed by atoms with E-state index in [2.05, 4.69) is 22.0 Å². The molecule has 244 valence electrons. The lowest BCUT2D eigenvalue weighted by atomic mass is 9.96. The number of halogens is 3. The number of rotatable bonds is 8. The molecule has 2 saturated heterocycles. The maximum Gasteiger partial charge on any atom is 0.416 e. The van der Waals surface area contributed by atoms with Gasteiger partial charge in [0.1, 0.15) is 17.2 Å². The van der Waals surface area contributed by atoms with Crippen molar-refractivity contribution in [3.8, 4) is 0 Å². The number of nitrogens with two attached hydrogens (primary N) is 1. The number of carbonyl (C=O) groups is 1. The van der Waals surface area contributed by atoms with Gasteiger partial charge in [-0.2, -0.15) is 13.2 Å². The van der Waals surface area contributed by atoms with Crippen molar-refractivity contribution in [1.82, 2.24) is 20.3 Å². The summed E-state index contributed by atoms with van der Waals surface area (Å²) in [7, 11) is 1.69. The zero-order valence-corrected chi connectivity index (χ0v) is 26.0. The van der Waals surface area contributed by atoms with E-state index in [1.807, 2.05) is 4.90 Å². The summed E-state index contributed by atoms with van der Waals surface area (Å²) >= 11 is 0. The molecule has 0 aliphatic carbocycles. The van der Waals surface area contributed by atoms with Crippen molar-refractivity contribution < 1.29 is 32.0 Å². The number of ether oxygens (including phenoxy) is 2. The van der Waals surface area contributed by atoms with Crippen molar-refractivity contribution in [2.24, 2.45) is 10.7 Å². The molecule has 5 rings (SSSR count). The lowest BCUT2D eigenvalue weighted by molar-refractivity contribution is -0.137. The number of aromatic nitrogens is 1. The first-order valence-corrected chi connectivity index (χ1v) is 15.2. The summed E-state index contributed by atoms with van der Waals surface area (Å²) in [5.41, 5.74) is 8.64. The van der Waals surface area contributed by atoms with E-state index in [1.54, 1.807) is 31.9 Å². The van der Waals surface area contributed by atoms with E-state index < -0.39 is 11.7 Å². The third-order valence-corrected chi connectivity index (χ3v) is 8.88. The minimum absolute atomic E-state index is 0.00692. The Kier molecular flexibility index (Phi) is 10.00. The number of benzene rings is 1. The Balaban J connectivity index is 1.34. The van der Waals surface area contributed by atoms with Crippen molar-refractivity contribution in [2.45, 2.75) is 70.4 Å². The molecule has 0 saturated carbocycles.